The lowest BCUT2D eigenvalue weighted by Gasteiger charge is -2.16. The molecule has 0 atom stereocenters. The summed E-state index contributed by atoms with van der Waals surface area (Å²) < 4.78 is 24.4. The summed E-state index contributed by atoms with van der Waals surface area (Å²) in [6.45, 7) is 7.06. The molecule has 0 aliphatic carbocycles. The minimum absolute atomic E-state index is 0.138. The van der Waals surface area contributed by atoms with Crippen LogP contribution in [0.1, 0.15) is 13.3 Å². The SMILES string of the molecule is C=CCNC(=NC)NCCCN(C)S(=O)(=O)CC. The van der Waals surface area contributed by atoms with Gasteiger partial charge in [0, 0.05) is 33.7 Å². The molecule has 7 heteroatoms. The third-order valence-electron chi connectivity index (χ3n) is 2.42. The number of rotatable bonds is 8. The van der Waals surface area contributed by atoms with E-state index in [2.05, 4.69) is 22.2 Å². The molecule has 0 amide bonds. The largest absolute Gasteiger partial charge is 0.356 e. The number of nitrogens with one attached hydrogen (secondary N) is 2. The van der Waals surface area contributed by atoms with Gasteiger partial charge in [0.2, 0.25) is 10.0 Å². The number of aliphatic imine (C=N–C) groups is 1. The van der Waals surface area contributed by atoms with Crippen molar-refractivity contribution in [2.45, 2.75) is 13.3 Å². The molecule has 0 unspecified atom stereocenters. The maximum absolute atomic E-state index is 11.5. The lowest BCUT2D eigenvalue weighted by atomic mass is 10.4. The summed E-state index contributed by atoms with van der Waals surface area (Å²) in [4.78, 5) is 4.02. The molecule has 0 aliphatic heterocycles. The molecule has 0 aliphatic rings. The number of sulfonamides is 1. The van der Waals surface area contributed by atoms with E-state index >= 15 is 0 Å². The predicted octanol–water partition coefficient (Wildman–Crippen LogP) is 0.00900. The van der Waals surface area contributed by atoms with Crippen molar-refractivity contribution in [2.75, 3.05) is 39.5 Å². The molecule has 0 aromatic heterocycles. The van der Waals surface area contributed by atoms with Gasteiger partial charge in [-0.15, -0.1) is 6.58 Å². The van der Waals surface area contributed by atoms with Gasteiger partial charge in [0.05, 0.1) is 5.75 Å². The molecule has 0 saturated heterocycles. The molecular formula is C11H24N4O2S. The van der Waals surface area contributed by atoms with Crippen molar-refractivity contribution < 1.29 is 8.42 Å². The Morgan fingerprint density at radius 1 is 1.44 bits per heavy atom. The Labute approximate surface area is 110 Å². The van der Waals surface area contributed by atoms with Gasteiger partial charge in [-0.05, 0) is 13.3 Å². The molecule has 106 valence electrons. The van der Waals surface area contributed by atoms with Crippen LogP contribution in [0.3, 0.4) is 0 Å². The monoisotopic (exact) mass is 276 g/mol. The molecule has 0 aromatic rings. The molecule has 0 saturated carbocycles. The Morgan fingerprint density at radius 3 is 2.61 bits per heavy atom. The minimum atomic E-state index is -3.07. The topological polar surface area (TPSA) is 73.8 Å². The van der Waals surface area contributed by atoms with Crippen molar-refractivity contribution in [3.63, 3.8) is 0 Å². The quantitative estimate of drug-likeness (QED) is 0.283. The lowest BCUT2D eigenvalue weighted by molar-refractivity contribution is 0.461. The molecule has 0 aromatic carbocycles. The van der Waals surface area contributed by atoms with Gasteiger partial charge in [-0.25, -0.2) is 12.7 Å². The lowest BCUT2D eigenvalue weighted by Crippen LogP contribution is -2.39. The molecule has 0 heterocycles. The zero-order chi connectivity index (χ0) is 14.0. The minimum Gasteiger partial charge on any atom is -0.356 e. The summed E-state index contributed by atoms with van der Waals surface area (Å²) in [5, 5.41) is 6.14. The number of guanidine groups is 1. The van der Waals surface area contributed by atoms with E-state index in [4.69, 9.17) is 0 Å². The van der Waals surface area contributed by atoms with Gasteiger partial charge in [-0.3, -0.25) is 4.99 Å². The van der Waals surface area contributed by atoms with Crippen molar-refractivity contribution in [1.29, 1.82) is 0 Å². The van der Waals surface area contributed by atoms with Crippen molar-refractivity contribution in [3.8, 4) is 0 Å². The van der Waals surface area contributed by atoms with E-state index in [9.17, 15) is 8.42 Å². The molecular weight excluding hydrogens is 252 g/mol. The second kappa shape index (κ2) is 8.93. The molecule has 0 fully saturated rings. The third kappa shape index (κ3) is 6.61. The Balaban J connectivity index is 3.89. The number of hydrogen-bond acceptors (Lipinski definition) is 3. The summed E-state index contributed by atoms with van der Waals surface area (Å²) in [6.07, 6.45) is 2.47. The van der Waals surface area contributed by atoms with Crippen LogP contribution in [0.2, 0.25) is 0 Å². The highest BCUT2D eigenvalue weighted by molar-refractivity contribution is 7.89. The standard InChI is InChI=1S/C11H24N4O2S/c1-5-8-13-11(12-3)14-9-7-10-15(4)18(16,17)6-2/h5H,1,6-10H2,2-4H3,(H2,12,13,14). The molecule has 6 nitrogen and oxygen atoms in total. The van der Waals surface area contributed by atoms with E-state index in [0.29, 0.717) is 25.6 Å². The summed E-state index contributed by atoms with van der Waals surface area (Å²) in [5.74, 6) is 0.829. The second-order valence-corrected chi connectivity index (χ2v) is 6.11. The van der Waals surface area contributed by atoms with Crippen molar-refractivity contribution in [2.24, 2.45) is 4.99 Å². The Bertz CT molecular complexity index is 365. The first-order chi connectivity index (χ1) is 8.47. The van der Waals surface area contributed by atoms with Gasteiger partial charge in [0.1, 0.15) is 0 Å². The van der Waals surface area contributed by atoms with E-state index in [1.807, 2.05) is 0 Å². The van der Waals surface area contributed by atoms with Crippen LogP contribution in [-0.2, 0) is 10.0 Å². The van der Waals surface area contributed by atoms with Crippen LogP contribution >= 0.6 is 0 Å². The number of hydrogen-bond donors (Lipinski definition) is 2. The van der Waals surface area contributed by atoms with Gasteiger partial charge >= 0.3 is 0 Å². The summed E-state index contributed by atoms with van der Waals surface area (Å²) >= 11 is 0. The van der Waals surface area contributed by atoms with Crippen LogP contribution in [0.25, 0.3) is 0 Å². The first kappa shape index (κ1) is 16.9. The van der Waals surface area contributed by atoms with Crippen LogP contribution in [-0.4, -0.2) is 58.2 Å². The van der Waals surface area contributed by atoms with Crippen LogP contribution in [0.15, 0.2) is 17.6 Å². The molecule has 0 bridgehead atoms. The zero-order valence-electron chi connectivity index (χ0n) is 11.4. The van der Waals surface area contributed by atoms with E-state index in [1.54, 1.807) is 27.1 Å². The average Bonchev–Trinajstić information content (AvgIpc) is 2.37. The van der Waals surface area contributed by atoms with Crippen LogP contribution < -0.4 is 10.6 Å². The summed E-state index contributed by atoms with van der Waals surface area (Å²) in [5.41, 5.74) is 0. The fourth-order valence-corrected chi connectivity index (χ4v) is 2.11. The first-order valence-corrected chi connectivity index (χ1v) is 7.58. The van der Waals surface area contributed by atoms with Crippen molar-refractivity contribution in [1.82, 2.24) is 14.9 Å². The first-order valence-electron chi connectivity index (χ1n) is 5.97. The smallest absolute Gasteiger partial charge is 0.213 e. The zero-order valence-corrected chi connectivity index (χ0v) is 12.3. The fourth-order valence-electron chi connectivity index (χ4n) is 1.26. The normalized spacial score (nSPS) is 12.6. The van der Waals surface area contributed by atoms with E-state index in [-0.39, 0.29) is 5.75 Å². The molecule has 18 heavy (non-hydrogen) atoms. The predicted molar refractivity (Wildman–Crippen MR) is 76.3 cm³/mol. The highest BCUT2D eigenvalue weighted by Gasteiger charge is 2.13. The Morgan fingerprint density at radius 2 is 2.11 bits per heavy atom. The van der Waals surface area contributed by atoms with Gasteiger partial charge in [0.25, 0.3) is 0 Å². The van der Waals surface area contributed by atoms with E-state index in [1.165, 1.54) is 4.31 Å². The third-order valence-corrected chi connectivity index (χ3v) is 4.28. The van der Waals surface area contributed by atoms with Crippen molar-refractivity contribution in [3.05, 3.63) is 12.7 Å². The van der Waals surface area contributed by atoms with E-state index in [0.717, 1.165) is 6.42 Å². The van der Waals surface area contributed by atoms with Crippen LogP contribution in [0, 0.1) is 0 Å². The molecule has 0 spiro atoms. The van der Waals surface area contributed by atoms with Gasteiger partial charge < -0.3 is 10.6 Å². The fraction of sp³-hybridized carbons (Fsp3) is 0.727. The highest BCUT2D eigenvalue weighted by Crippen LogP contribution is 1.97. The summed E-state index contributed by atoms with van der Waals surface area (Å²) in [6, 6.07) is 0. The molecule has 2 N–H and O–H groups in total. The Hall–Kier alpha value is -1.08. The number of nitrogens with zero attached hydrogens (tertiary/aromatic N) is 2. The van der Waals surface area contributed by atoms with Crippen LogP contribution in [0.5, 0.6) is 0 Å². The van der Waals surface area contributed by atoms with Gasteiger partial charge in [-0.2, -0.15) is 0 Å². The Kier molecular flexibility index (Phi) is 8.40. The van der Waals surface area contributed by atoms with Gasteiger partial charge in [-0.1, -0.05) is 6.08 Å². The average molecular weight is 276 g/mol. The van der Waals surface area contributed by atoms with Crippen LogP contribution in [0.4, 0.5) is 0 Å². The maximum Gasteiger partial charge on any atom is 0.213 e. The van der Waals surface area contributed by atoms with E-state index < -0.39 is 10.0 Å². The highest BCUT2D eigenvalue weighted by atomic mass is 32.2. The maximum atomic E-state index is 11.5. The van der Waals surface area contributed by atoms with Crippen molar-refractivity contribution >= 4 is 16.0 Å². The molecule has 0 rings (SSSR count). The van der Waals surface area contributed by atoms with Gasteiger partial charge in [0.15, 0.2) is 5.96 Å². The summed E-state index contributed by atoms with van der Waals surface area (Å²) in [7, 11) is 0.215. The molecule has 0 radical (unpaired) electrons. The second-order valence-electron chi connectivity index (χ2n) is 3.74.